The van der Waals surface area contributed by atoms with Gasteiger partial charge in [-0.2, -0.15) is 0 Å². The molecule has 1 heteroatoms. The number of hydrogen-bond acceptors (Lipinski definition) is 0. The molecule has 1 aliphatic carbocycles. The maximum Gasteiger partial charge on any atom is 0 e. The molecule has 0 aromatic rings. The Morgan fingerprint density at radius 3 is 2.40 bits per heavy atom. The van der Waals surface area contributed by atoms with Crippen LogP contribution in [0.5, 0.6) is 0 Å². The summed E-state index contributed by atoms with van der Waals surface area (Å²) >= 11 is 0. The van der Waals surface area contributed by atoms with E-state index in [1.54, 1.807) is 11.1 Å². The van der Waals surface area contributed by atoms with E-state index in [2.05, 4.69) is 26.0 Å². The van der Waals surface area contributed by atoms with E-state index in [1.165, 1.54) is 19.3 Å². The van der Waals surface area contributed by atoms with Crippen LogP contribution in [0.2, 0.25) is 0 Å². The van der Waals surface area contributed by atoms with E-state index in [0.29, 0.717) is 0 Å². The van der Waals surface area contributed by atoms with Crippen molar-refractivity contribution in [2.75, 3.05) is 0 Å². The molecule has 0 N–H and O–H groups in total. The predicted octanol–water partition coefficient (Wildman–Crippen LogP) is 3.06. The van der Waals surface area contributed by atoms with Crippen molar-refractivity contribution in [3.05, 3.63) is 23.3 Å². The third-order valence-electron chi connectivity index (χ3n) is 1.95. The van der Waals surface area contributed by atoms with Crippen LogP contribution in [-0.2, 0) is 19.5 Å². The van der Waals surface area contributed by atoms with Crippen LogP contribution in [0.1, 0.15) is 33.1 Å². The average Bonchev–Trinajstić information content (AvgIpc) is 2.33. The number of hydrogen-bond donors (Lipinski definition) is 0. The first-order chi connectivity index (χ1) is 4.38. The SMILES string of the molecule is CCC1=C(CC)CC=C1.[Ru]. The van der Waals surface area contributed by atoms with Gasteiger partial charge < -0.3 is 0 Å². The number of rotatable bonds is 2. The van der Waals surface area contributed by atoms with Gasteiger partial charge in [-0.1, -0.05) is 31.6 Å². The topological polar surface area (TPSA) is 0 Å². The molecule has 0 amide bonds. The van der Waals surface area contributed by atoms with Crippen LogP contribution in [-0.4, -0.2) is 0 Å². The van der Waals surface area contributed by atoms with Gasteiger partial charge in [0.15, 0.2) is 0 Å². The molecule has 0 saturated carbocycles. The van der Waals surface area contributed by atoms with Crippen molar-refractivity contribution in [2.45, 2.75) is 33.1 Å². The molecule has 1 aliphatic rings. The molecule has 1 rings (SSSR count). The molecule has 0 fully saturated rings. The summed E-state index contributed by atoms with van der Waals surface area (Å²) in [6.07, 6.45) is 8.17. The van der Waals surface area contributed by atoms with Crippen LogP contribution in [0, 0.1) is 0 Å². The average molecular weight is 223 g/mol. The van der Waals surface area contributed by atoms with Gasteiger partial charge in [0.25, 0.3) is 0 Å². The Labute approximate surface area is 76.2 Å². The Balaban J connectivity index is 0.000000810. The summed E-state index contributed by atoms with van der Waals surface area (Å²) in [6, 6.07) is 0. The van der Waals surface area contributed by atoms with Gasteiger partial charge in [-0.15, -0.1) is 0 Å². The van der Waals surface area contributed by atoms with Gasteiger partial charge in [0.2, 0.25) is 0 Å². The summed E-state index contributed by atoms with van der Waals surface area (Å²) in [6.45, 7) is 4.46. The van der Waals surface area contributed by atoms with E-state index in [0.717, 1.165) is 0 Å². The minimum atomic E-state index is 0. The van der Waals surface area contributed by atoms with E-state index >= 15 is 0 Å². The molecule has 0 radical (unpaired) electrons. The van der Waals surface area contributed by atoms with Crippen molar-refractivity contribution in [1.82, 2.24) is 0 Å². The van der Waals surface area contributed by atoms with Crippen molar-refractivity contribution in [3.63, 3.8) is 0 Å². The van der Waals surface area contributed by atoms with Crippen LogP contribution in [0.4, 0.5) is 0 Å². The molecule has 0 aliphatic heterocycles. The van der Waals surface area contributed by atoms with Crippen LogP contribution in [0.3, 0.4) is 0 Å². The van der Waals surface area contributed by atoms with Gasteiger partial charge in [-0.3, -0.25) is 0 Å². The standard InChI is InChI=1S/C9H14.Ru/c1-3-8-6-5-7-9(8)4-2;/h5-6H,3-4,7H2,1-2H3;. The van der Waals surface area contributed by atoms with E-state index in [9.17, 15) is 0 Å². The molecular formula is C9H14Ru. The third kappa shape index (κ3) is 2.06. The van der Waals surface area contributed by atoms with Crippen LogP contribution in [0.15, 0.2) is 23.3 Å². The Bertz CT molecular complexity index is 154. The summed E-state index contributed by atoms with van der Waals surface area (Å²) in [4.78, 5) is 0. The maximum absolute atomic E-state index is 2.26. The smallest absolute Gasteiger partial charge is 0 e. The molecule has 10 heavy (non-hydrogen) atoms. The molecule has 0 bridgehead atoms. The van der Waals surface area contributed by atoms with Gasteiger partial charge in [0.1, 0.15) is 0 Å². The molecule has 0 spiro atoms. The fourth-order valence-electron chi connectivity index (χ4n) is 1.33. The second-order valence-corrected chi connectivity index (χ2v) is 2.44. The molecule has 0 atom stereocenters. The largest absolute Gasteiger partial charge is 0.0802 e. The summed E-state index contributed by atoms with van der Waals surface area (Å²) in [5, 5.41) is 0. The number of allylic oxidation sites excluding steroid dienone is 4. The fraction of sp³-hybridized carbons (Fsp3) is 0.556. The van der Waals surface area contributed by atoms with Gasteiger partial charge in [-0.25, -0.2) is 0 Å². The molecule has 0 saturated heterocycles. The van der Waals surface area contributed by atoms with E-state index in [4.69, 9.17) is 0 Å². The first-order valence-corrected chi connectivity index (χ1v) is 3.76. The summed E-state index contributed by atoms with van der Waals surface area (Å²) in [5.41, 5.74) is 3.20. The van der Waals surface area contributed by atoms with Gasteiger partial charge in [-0.05, 0) is 24.8 Å². The monoisotopic (exact) mass is 224 g/mol. The Hall–Kier alpha value is 0.103. The van der Waals surface area contributed by atoms with Crippen molar-refractivity contribution < 1.29 is 19.5 Å². The van der Waals surface area contributed by atoms with E-state index < -0.39 is 0 Å². The van der Waals surface area contributed by atoms with Crippen molar-refractivity contribution in [2.24, 2.45) is 0 Å². The van der Waals surface area contributed by atoms with Crippen LogP contribution >= 0.6 is 0 Å². The first-order valence-electron chi connectivity index (χ1n) is 3.76. The maximum atomic E-state index is 2.26. The van der Waals surface area contributed by atoms with E-state index in [1.807, 2.05) is 0 Å². The van der Waals surface area contributed by atoms with Crippen LogP contribution < -0.4 is 0 Å². The van der Waals surface area contributed by atoms with Crippen molar-refractivity contribution in [3.8, 4) is 0 Å². The molecular weight excluding hydrogens is 209 g/mol. The molecule has 0 aromatic carbocycles. The zero-order chi connectivity index (χ0) is 6.69. The molecule has 0 aromatic heterocycles. The summed E-state index contributed by atoms with van der Waals surface area (Å²) in [5.74, 6) is 0. The minimum Gasteiger partial charge on any atom is -0.0802 e. The van der Waals surface area contributed by atoms with Gasteiger partial charge >= 0.3 is 0 Å². The Kier molecular flexibility index (Phi) is 4.90. The Morgan fingerprint density at radius 2 is 2.00 bits per heavy atom. The molecule has 0 heterocycles. The van der Waals surface area contributed by atoms with Crippen molar-refractivity contribution in [1.29, 1.82) is 0 Å². The fourth-order valence-corrected chi connectivity index (χ4v) is 1.33. The second-order valence-electron chi connectivity index (χ2n) is 2.44. The van der Waals surface area contributed by atoms with Gasteiger partial charge in [0.05, 0.1) is 0 Å². The van der Waals surface area contributed by atoms with E-state index in [-0.39, 0.29) is 19.5 Å². The zero-order valence-electron chi connectivity index (χ0n) is 6.63. The van der Waals surface area contributed by atoms with Crippen LogP contribution in [0.25, 0.3) is 0 Å². The minimum absolute atomic E-state index is 0. The molecule has 58 valence electrons. The second kappa shape index (κ2) is 4.85. The van der Waals surface area contributed by atoms with Crippen molar-refractivity contribution >= 4 is 0 Å². The first kappa shape index (κ1) is 10.1. The quantitative estimate of drug-likeness (QED) is 0.631. The predicted molar refractivity (Wildman–Crippen MR) is 41.4 cm³/mol. The summed E-state index contributed by atoms with van der Waals surface area (Å²) in [7, 11) is 0. The third-order valence-corrected chi connectivity index (χ3v) is 1.95. The zero-order valence-corrected chi connectivity index (χ0v) is 8.37. The summed E-state index contributed by atoms with van der Waals surface area (Å²) < 4.78 is 0. The Morgan fingerprint density at radius 1 is 1.30 bits per heavy atom. The van der Waals surface area contributed by atoms with Gasteiger partial charge in [0, 0.05) is 19.5 Å². The molecule has 0 unspecified atom stereocenters. The normalized spacial score (nSPS) is 15.8. The molecule has 0 nitrogen and oxygen atoms in total.